The Labute approximate surface area is 114 Å². The second-order valence-corrected chi connectivity index (χ2v) is 4.67. The van der Waals surface area contributed by atoms with Crippen LogP contribution in [0.5, 0.6) is 0 Å². The highest BCUT2D eigenvalue weighted by molar-refractivity contribution is 5.91. The fraction of sp³-hybridized carbons (Fsp3) is 0.286. The topological polar surface area (TPSA) is 73.3 Å². The molecule has 1 fully saturated rings. The zero-order valence-corrected chi connectivity index (χ0v) is 10.7. The largest absolute Gasteiger partial charge is 0.463 e. The van der Waals surface area contributed by atoms with Crippen molar-refractivity contribution in [2.75, 3.05) is 19.7 Å². The van der Waals surface area contributed by atoms with Gasteiger partial charge in [-0.3, -0.25) is 0 Å². The van der Waals surface area contributed by atoms with Gasteiger partial charge in [0.1, 0.15) is 18.0 Å². The second kappa shape index (κ2) is 4.73. The van der Waals surface area contributed by atoms with Gasteiger partial charge in [0.05, 0.1) is 12.2 Å². The first-order valence-electron chi connectivity index (χ1n) is 6.54. The summed E-state index contributed by atoms with van der Waals surface area (Å²) in [5.74, 6) is 1.02. The summed E-state index contributed by atoms with van der Waals surface area (Å²) in [6, 6.07) is 7.75. The van der Waals surface area contributed by atoms with Crippen molar-refractivity contribution in [3.63, 3.8) is 0 Å². The number of aromatic nitrogens is 2. The van der Waals surface area contributed by atoms with Crippen molar-refractivity contribution in [1.29, 1.82) is 0 Å². The number of fused-ring (bicyclic) bond motifs is 1. The minimum absolute atomic E-state index is 0.153. The van der Waals surface area contributed by atoms with Crippen LogP contribution in [0.4, 0.5) is 0 Å². The van der Waals surface area contributed by atoms with Crippen LogP contribution in [-0.4, -0.2) is 29.8 Å². The van der Waals surface area contributed by atoms with Gasteiger partial charge in [-0.15, -0.1) is 0 Å². The lowest BCUT2D eigenvalue weighted by Gasteiger charge is -2.20. The number of rotatable bonds is 2. The van der Waals surface area contributed by atoms with Crippen LogP contribution in [0, 0.1) is 0 Å². The molecule has 1 saturated heterocycles. The minimum Gasteiger partial charge on any atom is -0.463 e. The lowest BCUT2D eigenvalue weighted by Crippen LogP contribution is -2.33. The van der Waals surface area contributed by atoms with Gasteiger partial charge in [0.15, 0.2) is 0 Å². The molecule has 2 aromatic heterocycles. The summed E-state index contributed by atoms with van der Waals surface area (Å²) < 4.78 is 16.4. The molecule has 0 radical (unpaired) electrons. The number of furan rings is 1. The van der Waals surface area contributed by atoms with Crippen LogP contribution in [0.1, 0.15) is 11.9 Å². The van der Waals surface area contributed by atoms with E-state index in [2.05, 4.69) is 15.5 Å². The van der Waals surface area contributed by atoms with E-state index in [4.69, 9.17) is 13.7 Å². The highest BCUT2D eigenvalue weighted by Gasteiger charge is 2.23. The third kappa shape index (κ3) is 1.90. The Morgan fingerprint density at radius 1 is 1.25 bits per heavy atom. The van der Waals surface area contributed by atoms with Gasteiger partial charge < -0.3 is 19.0 Å². The summed E-state index contributed by atoms with van der Waals surface area (Å²) in [7, 11) is 0. The van der Waals surface area contributed by atoms with E-state index >= 15 is 0 Å². The lowest BCUT2D eigenvalue weighted by atomic mass is 10.2. The van der Waals surface area contributed by atoms with E-state index in [9.17, 15) is 0 Å². The molecule has 6 nitrogen and oxygen atoms in total. The molecule has 4 rings (SSSR count). The molecule has 1 atom stereocenters. The third-order valence-electron chi connectivity index (χ3n) is 3.37. The highest BCUT2D eigenvalue weighted by atomic mass is 16.5. The summed E-state index contributed by atoms with van der Waals surface area (Å²) in [5.41, 5.74) is 1.61. The van der Waals surface area contributed by atoms with Crippen LogP contribution in [-0.2, 0) is 4.74 Å². The molecule has 3 aromatic rings. The van der Waals surface area contributed by atoms with Crippen molar-refractivity contribution in [3.8, 4) is 11.5 Å². The summed E-state index contributed by atoms with van der Waals surface area (Å²) in [4.78, 5) is 4.42. The zero-order chi connectivity index (χ0) is 13.4. The monoisotopic (exact) mass is 271 g/mol. The normalized spacial score (nSPS) is 19.5. The fourth-order valence-electron chi connectivity index (χ4n) is 2.35. The number of morpholine rings is 1. The average Bonchev–Trinajstić information content (AvgIpc) is 3.14. The predicted octanol–water partition coefficient (Wildman–Crippen LogP) is 2.14. The van der Waals surface area contributed by atoms with Gasteiger partial charge in [-0.05, 0) is 6.07 Å². The Balaban J connectivity index is 1.70. The molecule has 0 aliphatic carbocycles. The van der Waals surface area contributed by atoms with E-state index in [1.807, 2.05) is 24.3 Å². The smallest absolute Gasteiger partial charge is 0.261 e. The van der Waals surface area contributed by atoms with Crippen molar-refractivity contribution in [2.45, 2.75) is 6.10 Å². The Bertz CT molecular complexity index is 728. The minimum atomic E-state index is -0.153. The number of para-hydroxylation sites is 1. The summed E-state index contributed by atoms with van der Waals surface area (Å²) in [6.45, 7) is 2.21. The molecule has 0 amide bonds. The molecule has 1 unspecified atom stereocenters. The standard InChI is InChI=1S/C14H13N3O3/c1-2-4-11-9(3-1)10(8-19-11)14-16-13(17-20-14)12-7-15-5-6-18-12/h1-4,8,12,15H,5-7H2. The number of hydrogen-bond donors (Lipinski definition) is 1. The Hall–Kier alpha value is -2.18. The van der Waals surface area contributed by atoms with Crippen LogP contribution in [0.3, 0.4) is 0 Å². The van der Waals surface area contributed by atoms with Crippen molar-refractivity contribution < 1.29 is 13.7 Å². The molecule has 0 saturated carbocycles. The maximum Gasteiger partial charge on any atom is 0.261 e. The Kier molecular flexibility index (Phi) is 2.75. The molecule has 1 N–H and O–H groups in total. The Morgan fingerprint density at radius 2 is 2.20 bits per heavy atom. The van der Waals surface area contributed by atoms with E-state index < -0.39 is 0 Å². The van der Waals surface area contributed by atoms with E-state index in [0.717, 1.165) is 23.1 Å². The molecule has 1 aliphatic heterocycles. The SMILES string of the molecule is c1ccc2c(-c3nc(C4CNCCO4)no3)coc2c1. The lowest BCUT2D eigenvalue weighted by molar-refractivity contribution is 0.0208. The van der Waals surface area contributed by atoms with Crippen molar-refractivity contribution >= 4 is 11.0 Å². The van der Waals surface area contributed by atoms with Crippen LogP contribution < -0.4 is 5.32 Å². The maximum absolute atomic E-state index is 5.61. The van der Waals surface area contributed by atoms with Crippen LogP contribution in [0.2, 0.25) is 0 Å². The first-order chi connectivity index (χ1) is 9.92. The van der Waals surface area contributed by atoms with E-state index in [1.165, 1.54) is 0 Å². The third-order valence-corrected chi connectivity index (χ3v) is 3.37. The summed E-state index contributed by atoms with van der Waals surface area (Å²) in [5, 5.41) is 8.21. The molecular formula is C14H13N3O3. The van der Waals surface area contributed by atoms with E-state index in [0.29, 0.717) is 24.9 Å². The summed E-state index contributed by atoms with van der Waals surface area (Å²) in [6.07, 6.45) is 1.49. The van der Waals surface area contributed by atoms with Crippen LogP contribution >= 0.6 is 0 Å². The molecular weight excluding hydrogens is 258 g/mol. The average molecular weight is 271 g/mol. The van der Waals surface area contributed by atoms with Gasteiger partial charge >= 0.3 is 0 Å². The van der Waals surface area contributed by atoms with Gasteiger partial charge in [0, 0.05) is 18.5 Å². The number of benzene rings is 1. The Morgan fingerprint density at radius 3 is 3.10 bits per heavy atom. The number of hydrogen-bond acceptors (Lipinski definition) is 6. The molecule has 0 spiro atoms. The van der Waals surface area contributed by atoms with Crippen molar-refractivity contribution in [3.05, 3.63) is 36.4 Å². The van der Waals surface area contributed by atoms with Gasteiger partial charge in [-0.25, -0.2) is 0 Å². The van der Waals surface area contributed by atoms with Gasteiger partial charge in [-0.1, -0.05) is 23.4 Å². The number of nitrogens with one attached hydrogen (secondary N) is 1. The first-order valence-corrected chi connectivity index (χ1v) is 6.54. The molecule has 0 bridgehead atoms. The van der Waals surface area contributed by atoms with Crippen LogP contribution in [0.25, 0.3) is 22.4 Å². The van der Waals surface area contributed by atoms with Crippen LogP contribution in [0.15, 0.2) is 39.5 Å². The first kappa shape index (κ1) is 11.6. The van der Waals surface area contributed by atoms with Gasteiger partial charge in [0.25, 0.3) is 5.89 Å². The molecule has 3 heterocycles. The predicted molar refractivity (Wildman–Crippen MR) is 71.1 cm³/mol. The zero-order valence-electron chi connectivity index (χ0n) is 10.7. The molecule has 6 heteroatoms. The van der Waals surface area contributed by atoms with Crippen molar-refractivity contribution in [2.24, 2.45) is 0 Å². The van der Waals surface area contributed by atoms with E-state index in [1.54, 1.807) is 6.26 Å². The number of nitrogens with zero attached hydrogens (tertiary/aromatic N) is 2. The molecule has 1 aromatic carbocycles. The quantitative estimate of drug-likeness (QED) is 0.769. The maximum atomic E-state index is 5.61. The second-order valence-electron chi connectivity index (χ2n) is 4.67. The molecule has 102 valence electrons. The van der Waals surface area contributed by atoms with E-state index in [-0.39, 0.29) is 6.10 Å². The summed E-state index contributed by atoms with van der Waals surface area (Å²) >= 11 is 0. The molecule has 1 aliphatic rings. The molecule has 20 heavy (non-hydrogen) atoms. The van der Waals surface area contributed by atoms with Gasteiger partial charge in [0.2, 0.25) is 5.82 Å². The fourth-order valence-corrected chi connectivity index (χ4v) is 2.35. The van der Waals surface area contributed by atoms with Gasteiger partial charge in [-0.2, -0.15) is 4.98 Å². The highest BCUT2D eigenvalue weighted by Crippen LogP contribution is 2.30. The van der Waals surface area contributed by atoms with Crippen molar-refractivity contribution in [1.82, 2.24) is 15.5 Å². The number of ether oxygens (including phenoxy) is 1.